The molecule has 0 aromatic rings. The summed E-state index contributed by atoms with van der Waals surface area (Å²) in [4.78, 5) is 0. The summed E-state index contributed by atoms with van der Waals surface area (Å²) < 4.78 is 28.1. The molecule has 112 valence electrons. The molecule has 0 aromatic heterocycles. The Morgan fingerprint density at radius 3 is 2.47 bits per heavy atom. The number of nitrogens with two attached hydrogens (primary N) is 1. The van der Waals surface area contributed by atoms with Crippen molar-refractivity contribution in [1.29, 1.82) is 0 Å². The van der Waals surface area contributed by atoms with Gasteiger partial charge in [0.15, 0.2) is 0 Å². The van der Waals surface area contributed by atoms with Gasteiger partial charge in [0.25, 0.3) is 10.2 Å². The first-order valence-electron chi connectivity index (χ1n) is 6.95. The second kappa shape index (κ2) is 5.48. The van der Waals surface area contributed by atoms with Crippen molar-refractivity contribution in [3.8, 4) is 0 Å². The van der Waals surface area contributed by atoms with E-state index in [9.17, 15) is 8.42 Å². The van der Waals surface area contributed by atoms with E-state index in [0.29, 0.717) is 37.4 Å². The lowest BCUT2D eigenvalue weighted by Crippen LogP contribution is -2.42. The Kier molecular flexibility index (Phi) is 4.48. The number of halogens is 1. The topological polar surface area (TPSA) is 66.6 Å². The second-order valence-corrected chi connectivity index (χ2v) is 8.25. The molecular weight excluding hydrogens is 286 g/mol. The molecular formula is C12H24ClN3O2S. The summed E-state index contributed by atoms with van der Waals surface area (Å²) in [5, 5.41) is 0. The van der Waals surface area contributed by atoms with Crippen LogP contribution in [0.3, 0.4) is 0 Å². The monoisotopic (exact) mass is 309 g/mol. The van der Waals surface area contributed by atoms with Crippen molar-refractivity contribution in [2.24, 2.45) is 23.5 Å². The molecule has 0 aromatic carbocycles. The van der Waals surface area contributed by atoms with Crippen molar-refractivity contribution in [2.45, 2.75) is 31.7 Å². The van der Waals surface area contributed by atoms with E-state index in [0.717, 1.165) is 12.8 Å². The number of hydrogen-bond donors (Lipinski definition) is 1. The maximum atomic E-state index is 12.4. The minimum absolute atomic E-state index is 0. The van der Waals surface area contributed by atoms with E-state index in [1.165, 1.54) is 17.1 Å². The lowest BCUT2D eigenvalue weighted by Gasteiger charge is -2.25. The zero-order valence-electron chi connectivity index (χ0n) is 11.4. The van der Waals surface area contributed by atoms with Crippen LogP contribution in [0.2, 0.25) is 0 Å². The molecule has 7 heteroatoms. The normalized spacial score (nSPS) is 35.4. The summed E-state index contributed by atoms with van der Waals surface area (Å²) in [6.45, 7) is 1.99. The second-order valence-electron chi connectivity index (χ2n) is 6.21. The maximum Gasteiger partial charge on any atom is 0.281 e. The highest BCUT2D eigenvalue weighted by Gasteiger charge is 2.46. The summed E-state index contributed by atoms with van der Waals surface area (Å²) in [6, 6.07) is 0.198. The van der Waals surface area contributed by atoms with Crippen LogP contribution in [0.15, 0.2) is 0 Å². The molecule has 5 nitrogen and oxygen atoms in total. The van der Waals surface area contributed by atoms with Crippen LogP contribution < -0.4 is 5.73 Å². The zero-order valence-corrected chi connectivity index (χ0v) is 13.0. The lowest BCUT2D eigenvalue weighted by molar-refractivity contribution is 0.369. The molecule has 3 aliphatic rings. The molecule has 3 rings (SSSR count). The molecule has 1 heterocycles. The quantitative estimate of drug-likeness (QED) is 0.830. The highest BCUT2D eigenvalue weighted by Crippen LogP contribution is 2.39. The Labute approximate surface area is 122 Å². The Morgan fingerprint density at radius 2 is 1.89 bits per heavy atom. The predicted molar refractivity (Wildman–Crippen MR) is 77.3 cm³/mol. The molecule has 0 spiro atoms. The molecule has 2 saturated carbocycles. The van der Waals surface area contributed by atoms with Crippen molar-refractivity contribution >= 4 is 22.6 Å². The Morgan fingerprint density at radius 1 is 1.21 bits per heavy atom. The van der Waals surface area contributed by atoms with E-state index in [1.807, 2.05) is 0 Å². The van der Waals surface area contributed by atoms with Gasteiger partial charge in [0, 0.05) is 32.7 Å². The average molecular weight is 310 g/mol. The van der Waals surface area contributed by atoms with E-state index >= 15 is 0 Å². The Bertz CT molecular complexity index is 427. The van der Waals surface area contributed by atoms with Crippen LogP contribution in [0.5, 0.6) is 0 Å². The molecule has 19 heavy (non-hydrogen) atoms. The van der Waals surface area contributed by atoms with Gasteiger partial charge in [-0.1, -0.05) is 0 Å². The molecule has 0 bridgehead atoms. The minimum Gasteiger partial charge on any atom is -0.327 e. The molecule has 0 radical (unpaired) electrons. The molecule has 3 fully saturated rings. The first-order chi connectivity index (χ1) is 8.48. The summed E-state index contributed by atoms with van der Waals surface area (Å²) in [7, 11) is -1.54. The van der Waals surface area contributed by atoms with E-state index in [-0.39, 0.29) is 18.4 Å². The highest BCUT2D eigenvalue weighted by atomic mass is 35.5. The number of nitrogens with zero attached hydrogens (tertiary/aromatic N) is 2. The number of fused-ring (bicyclic) bond motifs is 1. The van der Waals surface area contributed by atoms with Crippen LogP contribution in [0.25, 0.3) is 0 Å². The van der Waals surface area contributed by atoms with E-state index in [1.54, 1.807) is 11.4 Å². The zero-order chi connectivity index (χ0) is 12.9. The highest BCUT2D eigenvalue weighted by molar-refractivity contribution is 7.86. The number of hydrogen-bond acceptors (Lipinski definition) is 3. The van der Waals surface area contributed by atoms with Gasteiger partial charge in [0.2, 0.25) is 0 Å². The van der Waals surface area contributed by atoms with Gasteiger partial charge in [-0.25, -0.2) is 0 Å². The molecule has 1 aliphatic heterocycles. The average Bonchev–Trinajstić information content (AvgIpc) is 2.90. The third-order valence-corrected chi connectivity index (χ3v) is 6.70. The molecule has 1 saturated heterocycles. The largest absolute Gasteiger partial charge is 0.327 e. The summed E-state index contributed by atoms with van der Waals surface area (Å²) in [5.41, 5.74) is 6.06. The van der Waals surface area contributed by atoms with E-state index in [4.69, 9.17) is 5.73 Å². The van der Waals surface area contributed by atoms with Gasteiger partial charge >= 0.3 is 0 Å². The van der Waals surface area contributed by atoms with Crippen LogP contribution in [-0.2, 0) is 10.2 Å². The fourth-order valence-corrected chi connectivity index (χ4v) is 4.94. The van der Waals surface area contributed by atoms with Gasteiger partial charge in [-0.05, 0) is 43.4 Å². The van der Waals surface area contributed by atoms with Crippen LogP contribution in [0.1, 0.15) is 25.7 Å². The van der Waals surface area contributed by atoms with Crippen LogP contribution in [-0.4, -0.2) is 49.8 Å². The molecule has 2 aliphatic carbocycles. The minimum atomic E-state index is -3.25. The van der Waals surface area contributed by atoms with Crippen molar-refractivity contribution < 1.29 is 8.42 Å². The summed E-state index contributed by atoms with van der Waals surface area (Å²) >= 11 is 0. The maximum absolute atomic E-state index is 12.4. The third-order valence-electron chi connectivity index (χ3n) is 4.81. The third kappa shape index (κ3) is 2.93. The van der Waals surface area contributed by atoms with Gasteiger partial charge in [0.1, 0.15) is 0 Å². The van der Waals surface area contributed by atoms with Crippen LogP contribution in [0, 0.1) is 17.8 Å². The van der Waals surface area contributed by atoms with Gasteiger partial charge in [-0.2, -0.15) is 17.0 Å². The molecule has 3 unspecified atom stereocenters. The van der Waals surface area contributed by atoms with Gasteiger partial charge in [0.05, 0.1) is 0 Å². The van der Waals surface area contributed by atoms with Crippen molar-refractivity contribution in [1.82, 2.24) is 8.61 Å². The molecule has 0 amide bonds. The Balaban J connectivity index is 0.00000133. The van der Waals surface area contributed by atoms with Gasteiger partial charge in [-0.15, -0.1) is 12.4 Å². The van der Waals surface area contributed by atoms with Crippen LogP contribution >= 0.6 is 12.4 Å². The van der Waals surface area contributed by atoms with Crippen molar-refractivity contribution in [2.75, 3.05) is 26.7 Å². The summed E-state index contributed by atoms with van der Waals surface area (Å²) in [6.07, 6.45) is 4.50. The Hall–Kier alpha value is 0.120. The first kappa shape index (κ1) is 15.5. The lowest BCUT2D eigenvalue weighted by atomic mass is 9.98. The van der Waals surface area contributed by atoms with Gasteiger partial charge in [-0.3, -0.25) is 0 Å². The standard InChI is InChI=1S/C12H23N3O2S.ClH/c1-14(6-9-2-3-9)18(16,17)15-7-10-4-5-12(13)11(10)8-15;/h9-12H,2-8,13H2,1H3;1H. The smallest absolute Gasteiger partial charge is 0.281 e. The fraction of sp³-hybridized carbons (Fsp3) is 1.00. The predicted octanol–water partition coefficient (Wildman–Crippen LogP) is 0.664. The summed E-state index contributed by atoms with van der Waals surface area (Å²) in [5.74, 6) is 1.47. The number of rotatable bonds is 4. The van der Waals surface area contributed by atoms with Crippen molar-refractivity contribution in [3.63, 3.8) is 0 Å². The van der Waals surface area contributed by atoms with E-state index in [2.05, 4.69) is 0 Å². The SMILES string of the molecule is CN(CC1CC1)S(=O)(=O)N1CC2CCC(N)C2C1.Cl. The van der Waals surface area contributed by atoms with E-state index < -0.39 is 10.2 Å². The molecule has 2 N–H and O–H groups in total. The molecule has 3 atom stereocenters. The first-order valence-corrected chi connectivity index (χ1v) is 8.35. The fourth-order valence-electron chi connectivity index (χ4n) is 3.41. The van der Waals surface area contributed by atoms with Gasteiger partial charge < -0.3 is 5.73 Å². The van der Waals surface area contributed by atoms with Crippen LogP contribution in [0.4, 0.5) is 0 Å². The van der Waals surface area contributed by atoms with Crippen molar-refractivity contribution in [3.05, 3.63) is 0 Å².